The molecule has 0 saturated carbocycles. The largest absolute Gasteiger partial charge is 0.462 e. The van der Waals surface area contributed by atoms with E-state index in [0.29, 0.717) is 12.2 Å². The fourth-order valence-corrected chi connectivity index (χ4v) is 3.38. The van der Waals surface area contributed by atoms with E-state index in [2.05, 4.69) is 42.2 Å². The van der Waals surface area contributed by atoms with Gasteiger partial charge in [0.2, 0.25) is 0 Å². The standard InChI is InChI=1S/C21H25NO2/c1-3-24-21(23)18-9-10-20(17-7-5-4-6-8-17)19(13-18)15-22-12-11-16(2)14-22/h4-10,13,16H,3,11-12,14-15H2,1-2H3/t16-/m1/s1. The topological polar surface area (TPSA) is 29.5 Å². The van der Waals surface area contributed by atoms with Gasteiger partial charge in [0.05, 0.1) is 12.2 Å². The molecule has 3 nitrogen and oxygen atoms in total. The number of hydrogen-bond donors (Lipinski definition) is 0. The molecular formula is C21H25NO2. The van der Waals surface area contributed by atoms with Crippen molar-refractivity contribution < 1.29 is 9.53 Å². The number of nitrogens with zero attached hydrogens (tertiary/aromatic N) is 1. The van der Waals surface area contributed by atoms with Crippen molar-refractivity contribution in [3.8, 4) is 11.1 Å². The molecule has 3 rings (SSSR count). The van der Waals surface area contributed by atoms with Crippen molar-refractivity contribution >= 4 is 5.97 Å². The Labute approximate surface area is 144 Å². The van der Waals surface area contributed by atoms with E-state index in [-0.39, 0.29) is 5.97 Å². The van der Waals surface area contributed by atoms with Crippen LogP contribution >= 0.6 is 0 Å². The zero-order valence-corrected chi connectivity index (χ0v) is 14.5. The van der Waals surface area contributed by atoms with Gasteiger partial charge in [-0.1, -0.05) is 43.3 Å². The fourth-order valence-electron chi connectivity index (χ4n) is 3.38. The maximum atomic E-state index is 12.1. The van der Waals surface area contributed by atoms with Gasteiger partial charge in [0.15, 0.2) is 0 Å². The number of carbonyl (C=O) groups is 1. The van der Waals surface area contributed by atoms with Crippen LogP contribution in [0.3, 0.4) is 0 Å². The van der Waals surface area contributed by atoms with Crippen LogP contribution in [0.4, 0.5) is 0 Å². The normalized spacial score (nSPS) is 17.8. The minimum Gasteiger partial charge on any atom is -0.462 e. The Balaban J connectivity index is 1.93. The Bertz CT molecular complexity index is 696. The maximum absolute atomic E-state index is 12.1. The molecule has 0 unspecified atom stereocenters. The molecular weight excluding hydrogens is 298 g/mol. The SMILES string of the molecule is CCOC(=O)c1ccc(-c2ccccc2)c(CN2CC[C@@H](C)C2)c1. The molecule has 1 aliphatic heterocycles. The van der Waals surface area contributed by atoms with Gasteiger partial charge in [0.25, 0.3) is 0 Å². The highest BCUT2D eigenvalue weighted by Crippen LogP contribution is 2.28. The lowest BCUT2D eigenvalue weighted by Crippen LogP contribution is -2.20. The van der Waals surface area contributed by atoms with Crippen molar-refractivity contribution in [2.75, 3.05) is 19.7 Å². The Morgan fingerprint density at radius 1 is 1.21 bits per heavy atom. The van der Waals surface area contributed by atoms with E-state index in [9.17, 15) is 4.79 Å². The van der Waals surface area contributed by atoms with Crippen LogP contribution in [0.2, 0.25) is 0 Å². The minimum absolute atomic E-state index is 0.242. The summed E-state index contributed by atoms with van der Waals surface area (Å²) in [5.41, 5.74) is 4.22. The van der Waals surface area contributed by atoms with Crippen molar-refractivity contribution in [3.05, 3.63) is 59.7 Å². The van der Waals surface area contributed by atoms with Gasteiger partial charge >= 0.3 is 5.97 Å². The smallest absolute Gasteiger partial charge is 0.338 e. The first-order valence-corrected chi connectivity index (χ1v) is 8.75. The maximum Gasteiger partial charge on any atom is 0.338 e. The Morgan fingerprint density at radius 3 is 2.67 bits per heavy atom. The summed E-state index contributed by atoms with van der Waals surface area (Å²) >= 11 is 0. The van der Waals surface area contributed by atoms with Crippen molar-refractivity contribution in [2.24, 2.45) is 5.92 Å². The van der Waals surface area contributed by atoms with Crippen molar-refractivity contribution in [1.82, 2.24) is 4.90 Å². The zero-order valence-electron chi connectivity index (χ0n) is 14.5. The van der Waals surface area contributed by atoms with Crippen LogP contribution in [0, 0.1) is 5.92 Å². The molecule has 1 heterocycles. The summed E-state index contributed by atoms with van der Waals surface area (Å²) in [6, 6.07) is 16.3. The van der Waals surface area contributed by atoms with Gasteiger partial charge in [-0.25, -0.2) is 4.79 Å². The predicted octanol–water partition coefficient (Wildman–Crippen LogP) is 4.37. The monoisotopic (exact) mass is 323 g/mol. The number of esters is 1. The van der Waals surface area contributed by atoms with Gasteiger partial charge in [-0.3, -0.25) is 4.90 Å². The third kappa shape index (κ3) is 3.85. The summed E-state index contributed by atoms with van der Waals surface area (Å²) in [4.78, 5) is 14.6. The van der Waals surface area contributed by atoms with Gasteiger partial charge in [-0.15, -0.1) is 0 Å². The molecule has 0 bridgehead atoms. The summed E-state index contributed by atoms with van der Waals surface area (Å²) in [5, 5.41) is 0. The molecule has 0 aliphatic carbocycles. The summed E-state index contributed by atoms with van der Waals surface area (Å²) in [5.74, 6) is 0.506. The predicted molar refractivity (Wildman–Crippen MR) is 96.9 cm³/mol. The Kier molecular flexibility index (Phi) is 5.31. The molecule has 0 radical (unpaired) electrons. The van der Waals surface area contributed by atoms with Crippen LogP contribution in [0.1, 0.15) is 36.2 Å². The highest BCUT2D eigenvalue weighted by Gasteiger charge is 2.20. The van der Waals surface area contributed by atoms with E-state index >= 15 is 0 Å². The van der Waals surface area contributed by atoms with Crippen molar-refractivity contribution in [3.63, 3.8) is 0 Å². The van der Waals surface area contributed by atoms with E-state index in [1.165, 1.54) is 23.1 Å². The number of likely N-dealkylation sites (tertiary alicyclic amines) is 1. The molecule has 0 amide bonds. The van der Waals surface area contributed by atoms with Crippen LogP contribution in [-0.2, 0) is 11.3 Å². The highest BCUT2D eigenvalue weighted by molar-refractivity contribution is 5.90. The molecule has 1 atom stereocenters. The number of rotatable bonds is 5. The van der Waals surface area contributed by atoms with Crippen LogP contribution in [-0.4, -0.2) is 30.6 Å². The van der Waals surface area contributed by atoms with E-state index in [1.54, 1.807) is 0 Å². The summed E-state index contributed by atoms with van der Waals surface area (Å²) in [6.45, 7) is 7.66. The van der Waals surface area contributed by atoms with Crippen molar-refractivity contribution in [1.29, 1.82) is 0 Å². The second-order valence-electron chi connectivity index (χ2n) is 6.59. The lowest BCUT2D eigenvalue weighted by molar-refractivity contribution is 0.0526. The van der Waals surface area contributed by atoms with Gasteiger partial charge in [-0.2, -0.15) is 0 Å². The quantitative estimate of drug-likeness (QED) is 0.765. The van der Waals surface area contributed by atoms with Crippen LogP contribution < -0.4 is 0 Å². The average molecular weight is 323 g/mol. The lowest BCUT2D eigenvalue weighted by Gasteiger charge is -2.19. The number of benzene rings is 2. The van der Waals surface area contributed by atoms with Crippen LogP contribution in [0.15, 0.2) is 48.5 Å². The highest BCUT2D eigenvalue weighted by atomic mass is 16.5. The Morgan fingerprint density at radius 2 is 2.00 bits per heavy atom. The molecule has 0 aromatic heterocycles. The van der Waals surface area contributed by atoms with Crippen molar-refractivity contribution in [2.45, 2.75) is 26.8 Å². The molecule has 1 aliphatic rings. The molecule has 1 fully saturated rings. The van der Waals surface area contributed by atoms with E-state index in [1.807, 2.05) is 25.1 Å². The third-order valence-corrected chi connectivity index (χ3v) is 4.60. The molecule has 1 saturated heterocycles. The second kappa shape index (κ2) is 7.63. The molecule has 2 aromatic carbocycles. The zero-order chi connectivity index (χ0) is 16.9. The first kappa shape index (κ1) is 16.7. The molecule has 0 spiro atoms. The van der Waals surface area contributed by atoms with E-state index < -0.39 is 0 Å². The second-order valence-corrected chi connectivity index (χ2v) is 6.59. The van der Waals surface area contributed by atoms with Crippen LogP contribution in [0.25, 0.3) is 11.1 Å². The summed E-state index contributed by atoms with van der Waals surface area (Å²) < 4.78 is 5.16. The van der Waals surface area contributed by atoms with Gasteiger partial charge in [0.1, 0.15) is 0 Å². The molecule has 0 N–H and O–H groups in total. The molecule has 126 valence electrons. The summed E-state index contributed by atoms with van der Waals surface area (Å²) in [6.07, 6.45) is 1.25. The molecule has 3 heteroatoms. The molecule has 2 aromatic rings. The van der Waals surface area contributed by atoms with Gasteiger partial charge in [-0.05, 0) is 54.6 Å². The third-order valence-electron chi connectivity index (χ3n) is 4.60. The fraction of sp³-hybridized carbons (Fsp3) is 0.381. The number of ether oxygens (including phenoxy) is 1. The lowest BCUT2D eigenvalue weighted by atomic mass is 9.97. The minimum atomic E-state index is -0.242. The average Bonchev–Trinajstić information content (AvgIpc) is 3.01. The first-order valence-electron chi connectivity index (χ1n) is 8.75. The van der Waals surface area contributed by atoms with Gasteiger partial charge in [0, 0.05) is 13.1 Å². The molecule has 24 heavy (non-hydrogen) atoms. The number of hydrogen-bond acceptors (Lipinski definition) is 3. The van der Waals surface area contributed by atoms with Gasteiger partial charge < -0.3 is 4.74 Å². The van der Waals surface area contributed by atoms with E-state index in [0.717, 1.165) is 25.6 Å². The number of carbonyl (C=O) groups excluding carboxylic acids is 1. The first-order chi connectivity index (χ1) is 11.7. The summed E-state index contributed by atoms with van der Waals surface area (Å²) in [7, 11) is 0. The van der Waals surface area contributed by atoms with Crippen LogP contribution in [0.5, 0.6) is 0 Å². The van der Waals surface area contributed by atoms with E-state index in [4.69, 9.17) is 4.74 Å². The Hall–Kier alpha value is -2.13.